The van der Waals surface area contributed by atoms with Gasteiger partial charge in [0.1, 0.15) is 11.7 Å². The summed E-state index contributed by atoms with van der Waals surface area (Å²) in [5, 5.41) is 20.8. The molecule has 1 atom stereocenters. The van der Waals surface area contributed by atoms with E-state index in [9.17, 15) is 15.0 Å². The predicted octanol–water partition coefficient (Wildman–Crippen LogP) is 4.35. The van der Waals surface area contributed by atoms with Crippen molar-refractivity contribution >= 4 is 5.97 Å². The summed E-state index contributed by atoms with van der Waals surface area (Å²) in [6.45, 7) is 0. The summed E-state index contributed by atoms with van der Waals surface area (Å²) >= 11 is 0. The number of methoxy groups -OCH3 is 1. The van der Waals surface area contributed by atoms with E-state index in [-0.39, 0.29) is 0 Å². The van der Waals surface area contributed by atoms with Crippen LogP contribution in [0.1, 0.15) is 43.6 Å². The van der Waals surface area contributed by atoms with Crippen molar-refractivity contribution in [2.24, 2.45) is 0 Å². The molecule has 1 fully saturated rings. The molecule has 3 rings (SSSR count). The van der Waals surface area contributed by atoms with Gasteiger partial charge in [-0.25, -0.2) is 0 Å². The van der Waals surface area contributed by atoms with Crippen molar-refractivity contribution in [1.82, 2.24) is 0 Å². The average Bonchev–Trinajstić information content (AvgIpc) is 2.64. The van der Waals surface area contributed by atoms with Crippen molar-refractivity contribution in [2.75, 3.05) is 7.11 Å². The van der Waals surface area contributed by atoms with Crippen LogP contribution in [0.25, 0.3) is 0 Å². The Morgan fingerprint density at radius 3 is 2.35 bits per heavy atom. The lowest BCUT2D eigenvalue weighted by molar-refractivity contribution is -0.147. The summed E-state index contributed by atoms with van der Waals surface area (Å²) in [7, 11) is 1.52. The summed E-state index contributed by atoms with van der Waals surface area (Å²) in [4.78, 5) is 11.9. The first kappa shape index (κ1) is 18.3. The van der Waals surface area contributed by atoms with Crippen LogP contribution in [0, 0.1) is 0 Å². The Balaban J connectivity index is 1.92. The summed E-state index contributed by atoms with van der Waals surface area (Å²) in [5.74, 6) is -0.394. The normalized spacial score (nSPS) is 17.3. The van der Waals surface area contributed by atoms with E-state index >= 15 is 0 Å². The standard InChI is InChI=1S/C21H24O5/c1-25-18-14-15(10-11-17(18)26-16-8-4-2-5-9-16)19(20(22)23)21(24)12-6-3-7-13-21/h2,4-5,8-11,14,19,24H,3,6-7,12-13H2,1H3,(H,22,23). The third-order valence-electron chi connectivity index (χ3n) is 5.00. The van der Waals surface area contributed by atoms with Crippen LogP contribution in [0.4, 0.5) is 0 Å². The third-order valence-corrected chi connectivity index (χ3v) is 5.00. The maximum atomic E-state index is 11.9. The van der Waals surface area contributed by atoms with Crippen LogP contribution in [0.5, 0.6) is 17.2 Å². The smallest absolute Gasteiger partial charge is 0.313 e. The number of hydrogen-bond donors (Lipinski definition) is 2. The molecule has 0 radical (unpaired) electrons. The molecule has 0 amide bonds. The largest absolute Gasteiger partial charge is 0.493 e. The molecule has 1 aliphatic carbocycles. The zero-order valence-corrected chi connectivity index (χ0v) is 14.9. The van der Waals surface area contributed by atoms with E-state index in [1.165, 1.54) is 7.11 Å². The highest BCUT2D eigenvalue weighted by Gasteiger charge is 2.43. The van der Waals surface area contributed by atoms with E-state index in [2.05, 4.69) is 0 Å². The van der Waals surface area contributed by atoms with E-state index in [1.807, 2.05) is 30.3 Å². The molecule has 1 saturated carbocycles. The molecule has 0 aromatic heterocycles. The first-order valence-corrected chi connectivity index (χ1v) is 8.89. The predicted molar refractivity (Wildman–Crippen MR) is 97.9 cm³/mol. The minimum Gasteiger partial charge on any atom is -0.493 e. The molecule has 1 unspecified atom stereocenters. The van der Waals surface area contributed by atoms with Gasteiger partial charge >= 0.3 is 5.97 Å². The highest BCUT2D eigenvalue weighted by atomic mass is 16.5. The van der Waals surface area contributed by atoms with E-state index in [1.54, 1.807) is 18.2 Å². The lowest BCUT2D eigenvalue weighted by atomic mass is 9.73. The van der Waals surface area contributed by atoms with E-state index in [4.69, 9.17) is 9.47 Å². The molecule has 2 aromatic rings. The topological polar surface area (TPSA) is 76.0 Å². The van der Waals surface area contributed by atoms with Crippen molar-refractivity contribution in [1.29, 1.82) is 0 Å². The zero-order chi connectivity index (χ0) is 18.6. The Morgan fingerprint density at radius 1 is 1.04 bits per heavy atom. The fourth-order valence-electron chi connectivity index (χ4n) is 3.70. The van der Waals surface area contributed by atoms with Crippen LogP contribution in [0.2, 0.25) is 0 Å². The van der Waals surface area contributed by atoms with Gasteiger partial charge in [0, 0.05) is 0 Å². The number of aliphatic hydroxyl groups is 1. The minimum atomic E-state index is -1.23. The maximum Gasteiger partial charge on any atom is 0.313 e. The van der Waals surface area contributed by atoms with Crippen LogP contribution in [-0.2, 0) is 4.79 Å². The number of aliphatic carboxylic acids is 1. The van der Waals surface area contributed by atoms with Gasteiger partial charge in [0.2, 0.25) is 0 Å². The molecule has 1 aliphatic rings. The molecule has 5 heteroatoms. The summed E-state index contributed by atoms with van der Waals surface area (Å²) in [6.07, 6.45) is 3.70. The molecule has 0 bridgehead atoms. The first-order chi connectivity index (χ1) is 12.5. The molecule has 138 valence electrons. The van der Waals surface area contributed by atoms with Crippen LogP contribution in [0.15, 0.2) is 48.5 Å². The van der Waals surface area contributed by atoms with Crippen molar-refractivity contribution in [3.05, 3.63) is 54.1 Å². The molecule has 0 heterocycles. The fourth-order valence-corrected chi connectivity index (χ4v) is 3.70. The van der Waals surface area contributed by atoms with E-state index < -0.39 is 17.5 Å². The van der Waals surface area contributed by atoms with Crippen molar-refractivity contribution in [3.63, 3.8) is 0 Å². The Bertz CT molecular complexity index is 750. The van der Waals surface area contributed by atoms with Gasteiger partial charge in [-0.3, -0.25) is 4.79 Å². The Hall–Kier alpha value is -2.53. The average molecular weight is 356 g/mol. The summed E-state index contributed by atoms with van der Waals surface area (Å²) in [6, 6.07) is 14.4. The van der Waals surface area contributed by atoms with E-state index in [0.717, 1.165) is 19.3 Å². The monoisotopic (exact) mass is 356 g/mol. The molecular weight excluding hydrogens is 332 g/mol. The molecule has 2 aromatic carbocycles. The van der Waals surface area contributed by atoms with Crippen LogP contribution >= 0.6 is 0 Å². The second-order valence-electron chi connectivity index (χ2n) is 6.76. The summed E-state index contributed by atoms with van der Waals surface area (Å²) < 4.78 is 11.2. The molecule has 5 nitrogen and oxygen atoms in total. The Morgan fingerprint density at radius 2 is 1.73 bits per heavy atom. The molecule has 2 N–H and O–H groups in total. The lowest BCUT2D eigenvalue weighted by Crippen LogP contribution is -2.42. The van der Waals surface area contributed by atoms with Crippen molar-refractivity contribution in [2.45, 2.75) is 43.6 Å². The molecule has 0 aliphatic heterocycles. The molecule has 0 spiro atoms. The van der Waals surface area contributed by atoms with Gasteiger partial charge in [0.05, 0.1) is 12.7 Å². The third kappa shape index (κ3) is 3.83. The fraction of sp³-hybridized carbons (Fsp3) is 0.381. The number of para-hydroxylation sites is 1. The van der Waals surface area contributed by atoms with Crippen LogP contribution in [0.3, 0.4) is 0 Å². The SMILES string of the molecule is COc1cc(C(C(=O)O)C2(O)CCCCC2)ccc1Oc1ccccc1. The molecule has 26 heavy (non-hydrogen) atoms. The van der Waals surface area contributed by atoms with Gasteiger partial charge < -0.3 is 19.7 Å². The van der Waals surface area contributed by atoms with Crippen molar-refractivity contribution < 1.29 is 24.5 Å². The minimum absolute atomic E-state index is 0.442. The number of carboxylic acids is 1. The number of ether oxygens (including phenoxy) is 2. The number of carbonyl (C=O) groups is 1. The van der Waals surface area contributed by atoms with Gasteiger partial charge in [-0.05, 0) is 42.7 Å². The number of carboxylic acid groups (broad SMARTS) is 1. The maximum absolute atomic E-state index is 11.9. The Kier molecular flexibility index (Phi) is 5.47. The second kappa shape index (κ2) is 7.79. The molecular formula is C21H24O5. The Labute approximate surface area is 153 Å². The van der Waals surface area contributed by atoms with Gasteiger partial charge in [0.15, 0.2) is 11.5 Å². The summed E-state index contributed by atoms with van der Waals surface area (Å²) in [5.41, 5.74) is -0.698. The van der Waals surface area contributed by atoms with Crippen molar-refractivity contribution in [3.8, 4) is 17.2 Å². The number of rotatable bonds is 6. The number of hydrogen-bond acceptors (Lipinski definition) is 4. The highest BCUT2D eigenvalue weighted by molar-refractivity contribution is 5.78. The second-order valence-corrected chi connectivity index (χ2v) is 6.76. The lowest BCUT2D eigenvalue weighted by Gasteiger charge is -2.37. The van der Waals surface area contributed by atoms with Gasteiger partial charge in [-0.15, -0.1) is 0 Å². The van der Waals surface area contributed by atoms with Gasteiger partial charge in [-0.2, -0.15) is 0 Å². The van der Waals surface area contributed by atoms with E-state index in [0.29, 0.717) is 35.7 Å². The number of benzene rings is 2. The highest BCUT2D eigenvalue weighted by Crippen LogP contribution is 2.42. The van der Waals surface area contributed by atoms with Crippen LogP contribution in [-0.4, -0.2) is 28.9 Å². The first-order valence-electron chi connectivity index (χ1n) is 8.89. The quantitative estimate of drug-likeness (QED) is 0.805. The van der Waals surface area contributed by atoms with Gasteiger partial charge in [-0.1, -0.05) is 43.5 Å². The zero-order valence-electron chi connectivity index (χ0n) is 14.9. The van der Waals surface area contributed by atoms with Gasteiger partial charge in [0.25, 0.3) is 0 Å². The van der Waals surface area contributed by atoms with Crippen LogP contribution < -0.4 is 9.47 Å². The molecule has 0 saturated heterocycles.